The Morgan fingerprint density at radius 3 is 2.92 bits per heavy atom. The number of nitrogens with zero attached hydrogens (tertiary/aromatic N) is 2. The Balaban J connectivity index is 1.79. The number of aliphatic carboxylic acids is 1. The van der Waals surface area contributed by atoms with Crippen molar-refractivity contribution in [2.45, 2.75) is 19.4 Å². The molecule has 0 saturated carbocycles. The Kier molecular flexibility index (Phi) is 5.00. The molecule has 0 unspecified atom stereocenters. The van der Waals surface area contributed by atoms with E-state index in [0.29, 0.717) is 26.3 Å². The van der Waals surface area contributed by atoms with E-state index in [0.717, 1.165) is 34.7 Å². The number of hydrogen-bond donors (Lipinski definition) is 2. The van der Waals surface area contributed by atoms with E-state index >= 15 is 0 Å². The lowest BCUT2D eigenvalue weighted by Crippen LogP contribution is -2.17. The first-order chi connectivity index (χ1) is 11.6. The summed E-state index contributed by atoms with van der Waals surface area (Å²) < 4.78 is 13.2. The average Bonchev–Trinajstić information content (AvgIpc) is 2.78. The number of hydrogen-bond acceptors (Lipinski definition) is 5. The molecule has 1 aliphatic heterocycles. The maximum atomic E-state index is 10.6. The van der Waals surface area contributed by atoms with Crippen LogP contribution in [-0.2, 0) is 18.4 Å². The van der Waals surface area contributed by atoms with Gasteiger partial charge in [0.15, 0.2) is 11.5 Å². The smallest absolute Gasteiger partial charge is 0.304 e. The Labute approximate surface area is 140 Å². The van der Waals surface area contributed by atoms with E-state index in [-0.39, 0.29) is 6.42 Å². The lowest BCUT2D eigenvalue weighted by molar-refractivity contribution is -0.136. The number of nitrogens with one attached hydrogen (secondary N) is 1. The summed E-state index contributed by atoms with van der Waals surface area (Å²) in [4.78, 5) is 10.6. The van der Waals surface area contributed by atoms with E-state index in [1.54, 1.807) is 4.68 Å². The second-order valence-corrected chi connectivity index (χ2v) is 5.71. The first kappa shape index (κ1) is 16.3. The van der Waals surface area contributed by atoms with E-state index in [1.807, 2.05) is 31.4 Å². The van der Waals surface area contributed by atoms with Gasteiger partial charge >= 0.3 is 5.97 Å². The summed E-state index contributed by atoms with van der Waals surface area (Å²) in [6, 6.07) is 5.83. The molecule has 0 saturated heterocycles. The third kappa shape index (κ3) is 3.86. The molecule has 1 aromatic carbocycles. The number of aromatic nitrogens is 2. The highest BCUT2D eigenvalue weighted by Crippen LogP contribution is 2.34. The van der Waals surface area contributed by atoms with Gasteiger partial charge in [0.25, 0.3) is 0 Å². The van der Waals surface area contributed by atoms with Gasteiger partial charge in [-0.25, -0.2) is 0 Å². The lowest BCUT2D eigenvalue weighted by Gasteiger charge is -2.09. The van der Waals surface area contributed by atoms with Gasteiger partial charge in [-0.05, 0) is 18.2 Å². The molecule has 0 radical (unpaired) electrons. The summed E-state index contributed by atoms with van der Waals surface area (Å²) in [6.45, 7) is 2.28. The Morgan fingerprint density at radius 2 is 2.12 bits per heavy atom. The number of rotatable bonds is 6. The van der Waals surface area contributed by atoms with Crippen molar-refractivity contribution in [3.63, 3.8) is 0 Å². The van der Waals surface area contributed by atoms with Gasteiger partial charge in [0.2, 0.25) is 0 Å². The zero-order valence-corrected chi connectivity index (χ0v) is 13.6. The maximum absolute atomic E-state index is 10.6. The SMILES string of the molecule is Cn1cc(CNCCC(=O)O)c(-c2ccc3c(c2)OCCCO3)n1. The van der Waals surface area contributed by atoms with E-state index in [9.17, 15) is 4.79 Å². The summed E-state index contributed by atoms with van der Waals surface area (Å²) in [5.41, 5.74) is 2.82. The molecule has 0 atom stereocenters. The largest absolute Gasteiger partial charge is 0.490 e. The predicted octanol–water partition coefficient (Wildman–Crippen LogP) is 1.81. The molecule has 0 spiro atoms. The third-order valence-electron chi connectivity index (χ3n) is 3.76. The second-order valence-electron chi connectivity index (χ2n) is 5.71. The molecule has 0 aliphatic carbocycles. The minimum absolute atomic E-state index is 0.0968. The van der Waals surface area contributed by atoms with Crippen molar-refractivity contribution in [3.05, 3.63) is 30.0 Å². The minimum Gasteiger partial charge on any atom is -0.490 e. The van der Waals surface area contributed by atoms with Crippen LogP contribution in [0.4, 0.5) is 0 Å². The number of ether oxygens (including phenoxy) is 2. The van der Waals surface area contributed by atoms with Crippen LogP contribution in [0, 0.1) is 0 Å². The van der Waals surface area contributed by atoms with Crippen molar-refractivity contribution in [3.8, 4) is 22.8 Å². The van der Waals surface area contributed by atoms with E-state index in [2.05, 4.69) is 10.4 Å². The van der Waals surface area contributed by atoms with Crippen molar-refractivity contribution < 1.29 is 19.4 Å². The maximum Gasteiger partial charge on any atom is 0.304 e. The first-order valence-electron chi connectivity index (χ1n) is 7.98. The molecular weight excluding hydrogens is 310 g/mol. The molecule has 1 aliphatic rings. The number of benzene rings is 1. The highest BCUT2D eigenvalue weighted by atomic mass is 16.5. The summed E-state index contributed by atoms with van der Waals surface area (Å²) in [7, 11) is 1.87. The summed E-state index contributed by atoms with van der Waals surface area (Å²) in [5.74, 6) is 0.686. The van der Waals surface area contributed by atoms with Crippen molar-refractivity contribution in [2.75, 3.05) is 19.8 Å². The standard InChI is InChI=1S/C17H21N3O4/c1-20-11-13(10-18-6-5-16(21)22)17(19-20)12-3-4-14-15(9-12)24-8-2-7-23-14/h3-4,9,11,18H,2,5-8,10H2,1H3,(H,21,22). The Bertz CT molecular complexity index is 727. The number of carbonyl (C=O) groups is 1. The predicted molar refractivity (Wildman–Crippen MR) is 88.2 cm³/mol. The molecule has 24 heavy (non-hydrogen) atoms. The molecule has 0 bridgehead atoms. The number of carboxylic acids is 1. The molecule has 128 valence electrons. The van der Waals surface area contributed by atoms with Crippen LogP contribution in [0.15, 0.2) is 24.4 Å². The van der Waals surface area contributed by atoms with Gasteiger partial charge in [0.05, 0.1) is 25.3 Å². The number of carboxylic acid groups (broad SMARTS) is 1. The van der Waals surface area contributed by atoms with Crippen molar-refractivity contribution in [2.24, 2.45) is 7.05 Å². The van der Waals surface area contributed by atoms with Gasteiger partial charge in [-0.15, -0.1) is 0 Å². The van der Waals surface area contributed by atoms with Crippen LogP contribution in [0.5, 0.6) is 11.5 Å². The van der Waals surface area contributed by atoms with E-state index < -0.39 is 5.97 Å². The highest BCUT2D eigenvalue weighted by Gasteiger charge is 2.15. The molecular formula is C17H21N3O4. The van der Waals surface area contributed by atoms with Crippen molar-refractivity contribution in [1.29, 1.82) is 0 Å². The van der Waals surface area contributed by atoms with Gasteiger partial charge in [0.1, 0.15) is 0 Å². The Morgan fingerprint density at radius 1 is 1.33 bits per heavy atom. The molecule has 3 rings (SSSR count). The van der Waals surface area contributed by atoms with Crippen LogP contribution in [0.3, 0.4) is 0 Å². The molecule has 2 aromatic rings. The minimum atomic E-state index is -0.809. The Hall–Kier alpha value is -2.54. The van der Waals surface area contributed by atoms with Crippen LogP contribution in [0.2, 0.25) is 0 Å². The fraction of sp³-hybridized carbons (Fsp3) is 0.412. The molecule has 7 heteroatoms. The summed E-state index contributed by atoms with van der Waals surface area (Å²) in [6.07, 6.45) is 2.90. The fourth-order valence-corrected chi connectivity index (χ4v) is 2.64. The van der Waals surface area contributed by atoms with Gasteiger partial charge < -0.3 is 19.9 Å². The van der Waals surface area contributed by atoms with Gasteiger partial charge in [0, 0.05) is 43.9 Å². The van der Waals surface area contributed by atoms with E-state index in [1.165, 1.54) is 0 Å². The first-order valence-corrected chi connectivity index (χ1v) is 7.98. The molecule has 0 amide bonds. The molecule has 0 fully saturated rings. The van der Waals surface area contributed by atoms with Crippen molar-refractivity contribution in [1.82, 2.24) is 15.1 Å². The summed E-state index contributed by atoms with van der Waals surface area (Å²) in [5, 5.41) is 16.4. The average molecular weight is 331 g/mol. The second kappa shape index (κ2) is 7.35. The third-order valence-corrected chi connectivity index (χ3v) is 3.76. The molecule has 1 aromatic heterocycles. The van der Waals surface area contributed by atoms with Crippen molar-refractivity contribution >= 4 is 5.97 Å². The normalized spacial score (nSPS) is 13.5. The molecule has 2 N–H and O–H groups in total. The van der Waals surface area contributed by atoms with E-state index in [4.69, 9.17) is 14.6 Å². The topological polar surface area (TPSA) is 85.6 Å². The zero-order chi connectivity index (χ0) is 16.9. The lowest BCUT2D eigenvalue weighted by atomic mass is 10.1. The van der Waals surface area contributed by atoms with Crippen LogP contribution < -0.4 is 14.8 Å². The molecule has 7 nitrogen and oxygen atoms in total. The monoisotopic (exact) mass is 331 g/mol. The van der Waals surface area contributed by atoms with Crippen LogP contribution in [-0.4, -0.2) is 40.6 Å². The zero-order valence-electron chi connectivity index (χ0n) is 13.6. The highest BCUT2D eigenvalue weighted by molar-refractivity contribution is 5.67. The fourth-order valence-electron chi connectivity index (χ4n) is 2.64. The van der Waals surface area contributed by atoms with Gasteiger partial charge in [-0.3, -0.25) is 9.48 Å². The van der Waals surface area contributed by atoms with Crippen LogP contribution in [0.1, 0.15) is 18.4 Å². The number of fused-ring (bicyclic) bond motifs is 1. The van der Waals surface area contributed by atoms with Gasteiger partial charge in [-0.1, -0.05) is 0 Å². The van der Waals surface area contributed by atoms with Crippen LogP contribution in [0.25, 0.3) is 11.3 Å². The quantitative estimate of drug-likeness (QED) is 0.785. The molecule has 2 heterocycles. The number of aryl methyl sites for hydroxylation is 1. The van der Waals surface area contributed by atoms with Crippen LogP contribution >= 0.6 is 0 Å². The van der Waals surface area contributed by atoms with Gasteiger partial charge in [-0.2, -0.15) is 5.10 Å². The summed E-state index contributed by atoms with van der Waals surface area (Å²) >= 11 is 0.